The largest absolute Gasteiger partial charge is 0.475 e. The zero-order chi connectivity index (χ0) is 14.0. The van der Waals surface area contributed by atoms with E-state index in [4.69, 9.17) is 9.47 Å². The van der Waals surface area contributed by atoms with Gasteiger partial charge in [-0.15, -0.1) is 0 Å². The monoisotopic (exact) mass is 277 g/mol. The van der Waals surface area contributed by atoms with Gasteiger partial charge in [-0.2, -0.15) is 0 Å². The number of nitrogens with zero attached hydrogens (tertiary/aromatic N) is 2. The minimum atomic E-state index is -0.128. The van der Waals surface area contributed by atoms with Gasteiger partial charge in [-0.05, 0) is 39.5 Å². The lowest BCUT2D eigenvalue weighted by molar-refractivity contribution is -0.107. The van der Waals surface area contributed by atoms with Crippen LogP contribution in [0.25, 0.3) is 0 Å². The van der Waals surface area contributed by atoms with Gasteiger partial charge in [0.25, 0.3) is 0 Å². The standard InChI is InChI=1S/C15H23N3O2/c1-15(2)9-16-7-11(20-15)8-19-14-12-5-3-4-6-13(12)17-10-18-14/h10-11,16H,3-9H2,1-2H3. The molecular weight excluding hydrogens is 254 g/mol. The van der Waals surface area contributed by atoms with Crippen LogP contribution >= 0.6 is 0 Å². The fraction of sp³-hybridized carbons (Fsp3) is 0.733. The summed E-state index contributed by atoms with van der Waals surface area (Å²) < 4.78 is 11.9. The molecule has 0 radical (unpaired) electrons. The Morgan fingerprint density at radius 2 is 2.20 bits per heavy atom. The Hall–Kier alpha value is -1.20. The molecule has 0 aromatic carbocycles. The molecule has 2 heterocycles. The van der Waals surface area contributed by atoms with E-state index in [9.17, 15) is 0 Å². The van der Waals surface area contributed by atoms with E-state index in [2.05, 4.69) is 29.1 Å². The van der Waals surface area contributed by atoms with Crippen molar-refractivity contribution in [1.82, 2.24) is 15.3 Å². The quantitative estimate of drug-likeness (QED) is 0.907. The fourth-order valence-corrected chi connectivity index (χ4v) is 2.95. The zero-order valence-corrected chi connectivity index (χ0v) is 12.3. The number of hydrogen-bond donors (Lipinski definition) is 1. The first-order chi connectivity index (χ1) is 9.64. The van der Waals surface area contributed by atoms with Crippen molar-refractivity contribution >= 4 is 0 Å². The van der Waals surface area contributed by atoms with Crippen molar-refractivity contribution in [3.05, 3.63) is 17.6 Å². The molecule has 1 saturated heterocycles. The first-order valence-electron chi connectivity index (χ1n) is 7.48. The van der Waals surface area contributed by atoms with E-state index in [0.717, 1.165) is 37.5 Å². The second-order valence-electron chi connectivity index (χ2n) is 6.25. The predicted octanol–water partition coefficient (Wildman–Crippen LogP) is 1.50. The predicted molar refractivity (Wildman–Crippen MR) is 76.0 cm³/mol. The molecule has 1 unspecified atom stereocenters. The lowest BCUT2D eigenvalue weighted by atomic mass is 9.97. The molecule has 0 bridgehead atoms. The highest BCUT2D eigenvalue weighted by Gasteiger charge is 2.29. The van der Waals surface area contributed by atoms with Crippen molar-refractivity contribution in [2.45, 2.75) is 51.2 Å². The third-order valence-electron chi connectivity index (χ3n) is 3.90. The van der Waals surface area contributed by atoms with Crippen molar-refractivity contribution in [3.63, 3.8) is 0 Å². The molecule has 0 spiro atoms. The maximum absolute atomic E-state index is 6.01. The normalized spacial score (nSPS) is 25.0. The Morgan fingerprint density at radius 3 is 3.05 bits per heavy atom. The zero-order valence-electron chi connectivity index (χ0n) is 12.3. The Labute approximate surface area is 120 Å². The van der Waals surface area contributed by atoms with Crippen LogP contribution in [0, 0.1) is 0 Å². The molecule has 3 rings (SSSR count). The Kier molecular flexibility index (Phi) is 3.89. The van der Waals surface area contributed by atoms with Gasteiger partial charge in [0.2, 0.25) is 5.88 Å². The summed E-state index contributed by atoms with van der Waals surface area (Å²) in [6.07, 6.45) is 6.18. The summed E-state index contributed by atoms with van der Waals surface area (Å²) >= 11 is 0. The van der Waals surface area contributed by atoms with Crippen LogP contribution in [-0.4, -0.2) is 41.4 Å². The van der Waals surface area contributed by atoms with E-state index < -0.39 is 0 Å². The Morgan fingerprint density at radius 1 is 1.35 bits per heavy atom. The maximum atomic E-state index is 6.01. The summed E-state index contributed by atoms with van der Waals surface area (Å²) in [6, 6.07) is 0. The van der Waals surface area contributed by atoms with Crippen LogP contribution in [0.2, 0.25) is 0 Å². The smallest absolute Gasteiger partial charge is 0.219 e. The third kappa shape index (κ3) is 3.10. The number of morpholine rings is 1. The number of aromatic nitrogens is 2. The molecule has 1 aliphatic carbocycles. The minimum absolute atomic E-state index is 0.0768. The molecule has 5 nitrogen and oxygen atoms in total. The summed E-state index contributed by atoms with van der Waals surface area (Å²) in [5, 5.41) is 3.39. The molecule has 1 aromatic rings. The van der Waals surface area contributed by atoms with Crippen LogP contribution in [0.5, 0.6) is 5.88 Å². The molecule has 0 saturated carbocycles. The molecule has 1 aliphatic heterocycles. The summed E-state index contributed by atoms with van der Waals surface area (Å²) in [5.74, 6) is 0.752. The highest BCUT2D eigenvalue weighted by atomic mass is 16.6. The van der Waals surface area contributed by atoms with Gasteiger partial charge >= 0.3 is 0 Å². The Balaban J connectivity index is 1.64. The fourth-order valence-electron chi connectivity index (χ4n) is 2.95. The van der Waals surface area contributed by atoms with Crippen molar-refractivity contribution in [2.75, 3.05) is 19.7 Å². The van der Waals surface area contributed by atoms with Gasteiger partial charge in [0.15, 0.2) is 0 Å². The van der Waals surface area contributed by atoms with Gasteiger partial charge in [-0.1, -0.05) is 0 Å². The lowest BCUT2D eigenvalue weighted by Gasteiger charge is -2.36. The summed E-state index contributed by atoms with van der Waals surface area (Å²) in [7, 11) is 0. The van der Waals surface area contributed by atoms with E-state index in [1.165, 1.54) is 18.4 Å². The van der Waals surface area contributed by atoms with E-state index in [1.807, 2.05) is 0 Å². The lowest BCUT2D eigenvalue weighted by Crippen LogP contribution is -2.52. The van der Waals surface area contributed by atoms with Crippen LogP contribution in [0.1, 0.15) is 37.9 Å². The number of hydrogen-bond acceptors (Lipinski definition) is 5. The maximum Gasteiger partial charge on any atom is 0.219 e. The summed E-state index contributed by atoms with van der Waals surface area (Å²) in [6.45, 7) is 6.44. The summed E-state index contributed by atoms with van der Waals surface area (Å²) in [5.41, 5.74) is 2.23. The highest BCUT2D eigenvalue weighted by Crippen LogP contribution is 2.26. The molecule has 0 amide bonds. The third-order valence-corrected chi connectivity index (χ3v) is 3.90. The van der Waals surface area contributed by atoms with Gasteiger partial charge in [0.1, 0.15) is 19.0 Å². The second kappa shape index (κ2) is 5.66. The highest BCUT2D eigenvalue weighted by molar-refractivity contribution is 5.31. The van der Waals surface area contributed by atoms with Gasteiger partial charge in [-0.25, -0.2) is 9.97 Å². The van der Waals surface area contributed by atoms with Crippen molar-refractivity contribution < 1.29 is 9.47 Å². The van der Waals surface area contributed by atoms with Gasteiger partial charge in [0.05, 0.1) is 11.3 Å². The summed E-state index contributed by atoms with van der Waals surface area (Å²) in [4.78, 5) is 8.67. The number of ether oxygens (including phenoxy) is 2. The second-order valence-corrected chi connectivity index (χ2v) is 6.25. The number of aryl methyl sites for hydroxylation is 1. The van der Waals surface area contributed by atoms with Gasteiger partial charge in [-0.3, -0.25) is 0 Å². The van der Waals surface area contributed by atoms with Crippen LogP contribution in [-0.2, 0) is 17.6 Å². The average molecular weight is 277 g/mol. The molecule has 1 atom stereocenters. The van der Waals surface area contributed by atoms with Crippen molar-refractivity contribution in [3.8, 4) is 5.88 Å². The number of rotatable bonds is 3. The van der Waals surface area contributed by atoms with Gasteiger partial charge < -0.3 is 14.8 Å². The SMILES string of the molecule is CC1(C)CNCC(COc2ncnc3c2CCCC3)O1. The van der Waals surface area contributed by atoms with E-state index >= 15 is 0 Å². The van der Waals surface area contributed by atoms with E-state index in [0.29, 0.717) is 6.61 Å². The first-order valence-corrected chi connectivity index (χ1v) is 7.48. The van der Waals surface area contributed by atoms with E-state index in [1.54, 1.807) is 6.33 Å². The van der Waals surface area contributed by atoms with Gasteiger partial charge in [0, 0.05) is 18.7 Å². The molecular formula is C15H23N3O2. The van der Waals surface area contributed by atoms with Crippen LogP contribution in [0.15, 0.2) is 6.33 Å². The topological polar surface area (TPSA) is 56.3 Å². The first kappa shape index (κ1) is 13.8. The van der Waals surface area contributed by atoms with Crippen LogP contribution in [0.3, 0.4) is 0 Å². The van der Waals surface area contributed by atoms with Crippen molar-refractivity contribution in [1.29, 1.82) is 0 Å². The number of fused-ring (bicyclic) bond motifs is 1. The molecule has 110 valence electrons. The van der Waals surface area contributed by atoms with Crippen LogP contribution < -0.4 is 10.1 Å². The molecule has 20 heavy (non-hydrogen) atoms. The van der Waals surface area contributed by atoms with E-state index in [-0.39, 0.29) is 11.7 Å². The Bertz CT molecular complexity index is 476. The minimum Gasteiger partial charge on any atom is -0.475 e. The molecule has 5 heteroatoms. The molecule has 1 aromatic heterocycles. The van der Waals surface area contributed by atoms with Crippen LogP contribution in [0.4, 0.5) is 0 Å². The number of nitrogens with one attached hydrogen (secondary N) is 1. The molecule has 1 N–H and O–H groups in total. The average Bonchev–Trinajstić information content (AvgIpc) is 2.44. The molecule has 1 fully saturated rings. The van der Waals surface area contributed by atoms with Crippen molar-refractivity contribution in [2.24, 2.45) is 0 Å². The molecule has 2 aliphatic rings.